The van der Waals surface area contributed by atoms with Crippen molar-refractivity contribution in [1.82, 2.24) is 9.97 Å². The molecular weight excluding hydrogens is 230 g/mol. The smallest absolute Gasteiger partial charge is 0.335 e. The number of carbonyl (C=O) groups is 1. The average Bonchev–Trinajstić information content (AvgIpc) is 2.37. The minimum absolute atomic E-state index is 0.285. The highest BCUT2D eigenvalue weighted by atomic mass is 16.4. The van der Waals surface area contributed by atoms with E-state index in [1.54, 1.807) is 30.5 Å². The molecule has 0 spiro atoms. The van der Waals surface area contributed by atoms with Crippen LogP contribution in [0.15, 0.2) is 36.5 Å². The summed E-state index contributed by atoms with van der Waals surface area (Å²) < 4.78 is 0. The van der Waals surface area contributed by atoms with Crippen LogP contribution in [0.5, 0.6) is 0 Å². The first kappa shape index (κ1) is 12.0. The normalized spacial score (nSPS) is 10.1. The largest absolute Gasteiger partial charge is 0.478 e. The van der Waals surface area contributed by atoms with Crippen molar-refractivity contribution >= 4 is 11.8 Å². The zero-order valence-electron chi connectivity index (χ0n) is 9.92. The molecule has 1 aromatic carbocycles. The first-order chi connectivity index (χ1) is 8.65. The number of hydrogen-bond acceptors (Lipinski definition) is 4. The molecular formula is C13H13N3O2. The Morgan fingerprint density at radius 1 is 1.39 bits per heavy atom. The van der Waals surface area contributed by atoms with Crippen molar-refractivity contribution in [1.29, 1.82) is 0 Å². The van der Waals surface area contributed by atoms with Gasteiger partial charge in [0.15, 0.2) is 0 Å². The van der Waals surface area contributed by atoms with Gasteiger partial charge < -0.3 is 10.4 Å². The maximum Gasteiger partial charge on any atom is 0.335 e. The van der Waals surface area contributed by atoms with Crippen LogP contribution >= 0.6 is 0 Å². The van der Waals surface area contributed by atoms with Gasteiger partial charge in [0.2, 0.25) is 0 Å². The number of carboxylic acids is 1. The molecule has 5 nitrogen and oxygen atoms in total. The molecule has 0 bridgehead atoms. The van der Waals surface area contributed by atoms with Crippen molar-refractivity contribution in [2.24, 2.45) is 0 Å². The maximum atomic E-state index is 10.8. The molecule has 2 N–H and O–H groups in total. The van der Waals surface area contributed by atoms with Crippen LogP contribution in [0.1, 0.15) is 21.7 Å². The Morgan fingerprint density at radius 2 is 2.22 bits per heavy atom. The highest BCUT2D eigenvalue weighted by Crippen LogP contribution is 2.08. The Kier molecular flexibility index (Phi) is 3.52. The van der Waals surface area contributed by atoms with Crippen molar-refractivity contribution in [3.8, 4) is 0 Å². The number of anilines is 1. The monoisotopic (exact) mass is 243 g/mol. The van der Waals surface area contributed by atoms with E-state index in [2.05, 4.69) is 15.3 Å². The zero-order chi connectivity index (χ0) is 13.0. The summed E-state index contributed by atoms with van der Waals surface area (Å²) in [5.41, 5.74) is 1.18. The number of aromatic carboxylic acids is 1. The molecule has 0 aliphatic heterocycles. The van der Waals surface area contributed by atoms with Crippen molar-refractivity contribution in [2.75, 3.05) is 5.32 Å². The molecule has 18 heavy (non-hydrogen) atoms. The van der Waals surface area contributed by atoms with Gasteiger partial charge in [-0.3, -0.25) is 0 Å². The Morgan fingerprint density at radius 3 is 2.94 bits per heavy atom. The Bertz CT molecular complexity index is 570. The molecule has 0 radical (unpaired) electrons. The summed E-state index contributed by atoms with van der Waals surface area (Å²) in [6, 6.07) is 8.58. The Balaban J connectivity index is 2.06. The molecule has 2 aromatic rings. The number of carboxylic acid groups (broad SMARTS) is 1. The van der Waals surface area contributed by atoms with Gasteiger partial charge >= 0.3 is 5.97 Å². The van der Waals surface area contributed by atoms with E-state index in [1.165, 1.54) is 0 Å². The average molecular weight is 243 g/mol. The quantitative estimate of drug-likeness (QED) is 0.860. The van der Waals surface area contributed by atoms with E-state index in [4.69, 9.17) is 5.11 Å². The predicted molar refractivity (Wildman–Crippen MR) is 67.5 cm³/mol. The second-order valence-corrected chi connectivity index (χ2v) is 3.85. The van der Waals surface area contributed by atoms with Gasteiger partial charge in [-0.1, -0.05) is 12.1 Å². The number of hydrogen-bond donors (Lipinski definition) is 2. The standard InChI is InChI=1S/C13H13N3O2/c1-9-14-6-5-12(16-9)15-8-10-3-2-4-11(7-10)13(17)18/h2-7H,8H2,1H3,(H,17,18)(H,14,15,16). The summed E-state index contributed by atoms with van der Waals surface area (Å²) >= 11 is 0. The van der Waals surface area contributed by atoms with Crippen molar-refractivity contribution < 1.29 is 9.90 Å². The van der Waals surface area contributed by atoms with E-state index in [0.29, 0.717) is 12.4 Å². The van der Waals surface area contributed by atoms with E-state index in [1.807, 2.05) is 13.0 Å². The third kappa shape index (κ3) is 3.04. The van der Waals surface area contributed by atoms with Crippen LogP contribution in [-0.4, -0.2) is 21.0 Å². The molecule has 0 unspecified atom stereocenters. The molecule has 1 heterocycles. The fourth-order valence-corrected chi connectivity index (χ4v) is 1.56. The van der Waals surface area contributed by atoms with E-state index < -0.39 is 5.97 Å². The lowest BCUT2D eigenvalue weighted by Crippen LogP contribution is -2.04. The van der Waals surface area contributed by atoms with Gasteiger partial charge in [0.1, 0.15) is 11.6 Å². The van der Waals surface area contributed by atoms with Gasteiger partial charge in [-0.25, -0.2) is 14.8 Å². The van der Waals surface area contributed by atoms with Crippen LogP contribution in [0.4, 0.5) is 5.82 Å². The molecule has 2 rings (SSSR count). The molecule has 1 aromatic heterocycles. The molecule has 0 saturated carbocycles. The third-order valence-electron chi connectivity index (χ3n) is 2.42. The van der Waals surface area contributed by atoms with Crippen LogP contribution in [0, 0.1) is 6.92 Å². The molecule has 0 atom stereocenters. The van der Waals surface area contributed by atoms with Crippen LogP contribution < -0.4 is 5.32 Å². The van der Waals surface area contributed by atoms with Crippen LogP contribution in [0.2, 0.25) is 0 Å². The van der Waals surface area contributed by atoms with Crippen molar-refractivity contribution in [2.45, 2.75) is 13.5 Å². The van der Waals surface area contributed by atoms with E-state index in [-0.39, 0.29) is 5.56 Å². The number of rotatable bonds is 4. The summed E-state index contributed by atoms with van der Waals surface area (Å²) in [5, 5.41) is 12.0. The van der Waals surface area contributed by atoms with Gasteiger partial charge in [-0.05, 0) is 30.7 Å². The van der Waals surface area contributed by atoms with Gasteiger partial charge in [0.25, 0.3) is 0 Å². The van der Waals surface area contributed by atoms with Gasteiger partial charge in [-0.15, -0.1) is 0 Å². The molecule has 0 saturated heterocycles. The maximum absolute atomic E-state index is 10.8. The fourth-order valence-electron chi connectivity index (χ4n) is 1.56. The molecule has 5 heteroatoms. The lowest BCUT2D eigenvalue weighted by atomic mass is 10.1. The molecule has 0 aliphatic carbocycles. The summed E-state index contributed by atoms with van der Waals surface area (Å²) in [5.74, 6) is 0.497. The minimum atomic E-state index is -0.922. The van der Waals surface area contributed by atoms with E-state index in [9.17, 15) is 4.79 Å². The van der Waals surface area contributed by atoms with E-state index >= 15 is 0 Å². The minimum Gasteiger partial charge on any atom is -0.478 e. The van der Waals surface area contributed by atoms with Crippen LogP contribution in [0.3, 0.4) is 0 Å². The zero-order valence-corrected chi connectivity index (χ0v) is 9.92. The summed E-state index contributed by atoms with van der Waals surface area (Å²) in [6.45, 7) is 2.34. The second-order valence-electron chi connectivity index (χ2n) is 3.85. The third-order valence-corrected chi connectivity index (χ3v) is 2.42. The van der Waals surface area contributed by atoms with Crippen LogP contribution in [0.25, 0.3) is 0 Å². The summed E-state index contributed by atoms with van der Waals surface area (Å²) in [6.07, 6.45) is 1.68. The van der Waals surface area contributed by atoms with Crippen molar-refractivity contribution in [3.63, 3.8) is 0 Å². The second kappa shape index (κ2) is 5.27. The molecule has 92 valence electrons. The number of aromatic nitrogens is 2. The number of aryl methyl sites for hydroxylation is 1. The van der Waals surface area contributed by atoms with Gasteiger partial charge in [0.05, 0.1) is 5.56 Å². The highest BCUT2D eigenvalue weighted by Gasteiger charge is 2.03. The van der Waals surface area contributed by atoms with Crippen LogP contribution in [-0.2, 0) is 6.54 Å². The topological polar surface area (TPSA) is 75.1 Å². The lowest BCUT2D eigenvalue weighted by Gasteiger charge is -2.06. The van der Waals surface area contributed by atoms with Gasteiger partial charge in [-0.2, -0.15) is 0 Å². The molecule has 0 amide bonds. The summed E-state index contributed by atoms with van der Waals surface area (Å²) in [7, 11) is 0. The molecule has 0 fully saturated rings. The lowest BCUT2D eigenvalue weighted by molar-refractivity contribution is 0.0697. The number of nitrogens with zero attached hydrogens (tertiary/aromatic N) is 2. The van der Waals surface area contributed by atoms with Crippen molar-refractivity contribution in [3.05, 3.63) is 53.5 Å². The summed E-state index contributed by atoms with van der Waals surface area (Å²) in [4.78, 5) is 19.0. The number of benzene rings is 1. The van der Waals surface area contributed by atoms with E-state index in [0.717, 1.165) is 11.4 Å². The SMILES string of the molecule is Cc1nccc(NCc2cccc(C(=O)O)c2)n1. The Hall–Kier alpha value is -2.43. The highest BCUT2D eigenvalue weighted by molar-refractivity contribution is 5.87. The fraction of sp³-hybridized carbons (Fsp3) is 0.154. The first-order valence-electron chi connectivity index (χ1n) is 5.51. The molecule has 0 aliphatic rings. The van der Waals surface area contributed by atoms with Gasteiger partial charge in [0, 0.05) is 12.7 Å². The predicted octanol–water partition coefficient (Wildman–Crippen LogP) is 2.10. The first-order valence-corrected chi connectivity index (χ1v) is 5.51. The number of nitrogens with one attached hydrogen (secondary N) is 1. The Labute approximate surface area is 105 Å².